The molecule has 13 heavy (non-hydrogen) atoms. The number of unbranched alkanes of at least 4 members (excludes halogenated alkanes) is 1. The van der Waals surface area contributed by atoms with E-state index in [0.717, 1.165) is 12.8 Å². The maximum absolute atomic E-state index is 11.5. The number of hydrogen-bond acceptors (Lipinski definition) is 2. The first-order valence-electron chi connectivity index (χ1n) is 5.03. The van der Waals surface area contributed by atoms with Gasteiger partial charge in [0.25, 0.3) is 0 Å². The van der Waals surface area contributed by atoms with E-state index in [1.54, 1.807) is 4.90 Å². The molecule has 0 aliphatic heterocycles. The lowest BCUT2D eigenvalue weighted by Crippen LogP contribution is -2.38. The third-order valence-electron chi connectivity index (χ3n) is 2.03. The van der Waals surface area contributed by atoms with Crippen molar-refractivity contribution in [1.82, 2.24) is 4.90 Å². The normalized spacial score (nSPS) is 10.5. The van der Waals surface area contributed by atoms with Gasteiger partial charge in [0.1, 0.15) is 0 Å². The fourth-order valence-electron chi connectivity index (χ4n) is 1.25. The fourth-order valence-corrected chi connectivity index (χ4v) is 1.25. The van der Waals surface area contributed by atoms with Crippen LogP contribution in [0.1, 0.15) is 40.0 Å². The van der Waals surface area contributed by atoms with E-state index in [0.29, 0.717) is 13.0 Å². The first kappa shape index (κ1) is 12.4. The summed E-state index contributed by atoms with van der Waals surface area (Å²) in [4.78, 5) is 13.3. The van der Waals surface area contributed by atoms with Gasteiger partial charge < -0.3 is 10.0 Å². The Balaban J connectivity index is 3.96. The van der Waals surface area contributed by atoms with E-state index in [1.165, 1.54) is 0 Å². The van der Waals surface area contributed by atoms with E-state index in [-0.39, 0.29) is 18.6 Å². The van der Waals surface area contributed by atoms with E-state index in [2.05, 4.69) is 6.92 Å². The van der Waals surface area contributed by atoms with Crippen molar-refractivity contribution in [3.8, 4) is 0 Å². The summed E-state index contributed by atoms with van der Waals surface area (Å²) >= 11 is 0. The minimum Gasteiger partial charge on any atom is -0.395 e. The molecule has 0 aromatic rings. The Hall–Kier alpha value is -0.570. The third-order valence-corrected chi connectivity index (χ3v) is 2.03. The zero-order valence-electron chi connectivity index (χ0n) is 8.92. The quantitative estimate of drug-likeness (QED) is 0.683. The van der Waals surface area contributed by atoms with Gasteiger partial charge >= 0.3 is 0 Å². The Kier molecular flexibility index (Phi) is 6.59. The highest BCUT2D eigenvalue weighted by Crippen LogP contribution is 2.04. The highest BCUT2D eigenvalue weighted by atomic mass is 16.3. The van der Waals surface area contributed by atoms with Crippen molar-refractivity contribution in [3.63, 3.8) is 0 Å². The molecule has 0 spiro atoms. The van der Waals surface area contributed by atoms with E-state index in [9.17, 15) is 4.79 Å². The van der Waals surface area contributed by atoms with Crippen molar-refractivity contribution in [2.75, 3.05) is 13.2 Å². The van der Waals surface area contributed by atoms with Gasteiger partial charge in [-0.15, -0.1) is 0 Å². The van der Waals surface area contributed by atoms with Crippen LogP contribution in [0.3, 0.4) is 0 Å². The first-order valence-corrected chi connectivity index (χ1v) is 5.03. The fraction of sp³-hybridized carbons (Fsp3) is 0.900. The summed E-state index contributed by atoms with van der Waals surface area (Å²) in [5, 5.41) is 8.77. The average Bonchev–Trinajstić information content (AvgIpc) is 2.09. The van der Waals surface area contributed by atoms with E-state index in [1.807, 2.05) is 13.8 Å². The lowest BCUT2D eigenvalue weighted by Gasteiger charge is -2.25. The summed E-state index contributed by atoms with van der Waals surface area (Å²) in [5.74, 6) is 0.158. The molecule has 0 rings (SSSR count). The standard InChI is InChI=1S/C10H21NO2/c1-4-5-6-10(13)11(7-8-12)9(2)3/h9,12H,4-8H2,1-3H3. The minimum atomic E-state index is 0.0516. The number of carbonyl (C=O) groups excluding carboxylic acids is 1. The van der Waals surface area contributed by atoms with Crippen molar-refractivity contribution in [1.29, 1.82) is 0 Å². The van der Waals surface area contributed by atoms with E-state index in [4.69, 9.17) is 5.11 Å². The van der Waals surface area contributed by atoms with Crippen LogP contribution in [-0.4, -0.2) is 35.1 Å². The molecular formula is C10H21NO2. The molecule has 0 heterocycles. The molecule has 0 saturated heterocycles. The summed E-state index contributed by atoms with van der Waals surface area (Å²) in [6, 6.07) is 0.191. The van der Waals surface area contributed by atoms with Gasteiger partial charge in [-0.1, -0.05) is 13.3 Å². The van der Waals surface area contributed by atoms with Gasteiger partial charge in [-0.05, 0) is 20.3 Å². The SMILES string of the molecule is CCCCC(=O)N(CCO)C(C)C. The zero-order valence-corrected chi connectivity index (χ0v) is 8.92. The number of rotatable bonds is 6. The number of carbonyl (C=O) groups is 1. The number of amides is 1. The lowest BCUT2D eigenvalue weighted by molar-refractivity contribution is -0.133. The van der Waals surface area contributed by atoms with Gasteiger partial charge in [0.2, 0.25) is 5.91 Å². The van der Waals surface area contributed by atoms with Crippen LogP contribution in [-0.2, 0) is 4.79 Å². The van der Waals surface area contributed by atoms with Crippen LogP contribution in [0.4, 0.5) is 0 Å². The van der Waals surface area contributed by atoms with Crippen LogP contribution >= 0.6 is 0 Å². The summed E-state index contributed by atoms with van der Waals surface area (Å²) < 4.78 is 0. The molecule has 0 aromatic heterocycles. The second-order valence-electron chi connectivity index (χ2n) is 3.51. The maximum Gasteiger partial charge on any atom is 0.222 e. The van der Waals surface area contributed by atoms with E-state index < -0.39 is 0 Å². The Morgan fingerprint density at radius 1 is 1.46 bits per heavy atom. The number of hydrogen-bond donors (Lipinski definition) is 1. The predicted octanol–water partition coefficient (Wildman–Crippen LogP) is 1.41. The van der Waals surface area contributed by atoms with Crippen molar-refractivity contribution in [2.45, 2.75) is 46.1 Å². The summed E-state index contributed by atoms with van der Waals surface area (Å²) in [6.45, 7) is 6.52. The van der Waals surface area contributed by atoms with Gasteiger partial charge in [-0.2, -0.15) is 0 Å². The van der Waals surface area contributed by atoms with Crippen molar-refractivity contribution < 1.29 is 9.90 Å². The monoisotopic (exact) mass is 187 g/mol. The molecule has 3 nitrogen and oxygen atoms in total. The molecule has 0 bridgehead atoms. The van der Waals surface area contributed by atoms with Crippen LogP contribution < -0.4 is 0 Å². The molecule has 0 fully saturated rings. The van der Waals surface area contributed by atoms with E-state index >= 15 is 0 Å². The lowest BCUT2D eigenvalue weighted by atomic mass is 10.2. The number of aliphatic hydroxyl groups excluding tert-OH is 1. The molecule has 3 heteroatoms. The van der Waals surface area contributed by atoms with Gasteiger partial charge in [0.05, 0.1) is 6.61 Å². The van der Waals surface area contributed by atoms with Crippen LogP contribution in [0.5, 0.6) is 0 Å². The van der Waals surface area contributed by atoms with Gasteiger partial charge in [-0.25, -0.2) is 0 Å². The van der Waals surface area contributed by atoms with Crippen LogP contribution in [0.25, 0.3) is 0 Å². The summed E-state index contributed by atoms with van der Waals surface area (Å²) in [7, 11) is 0. The molecule has 0 aliphatic rings. The highest BCUT2D eigenvalue weighted by molar-refractivity contribution is 5.76. The molecule has 1 amide bonds. The second-order valence-corrected chi connectivity index (χ2v) is 3.51. The highest BCUT2D eigenvalue weighted by Gasteiger charge is 2.14. The molecule has 0 aromatic carbocycles. The predicted molar refractivity (Wildman–Crippen MR) is 53.5 cm³/mol. The minimum absolute atomic E-state index is 0.0516. The molecule has 0 atom stereocenters. The third kappa shape index (κ3) is 4.88. The van der Waals surface area contributed by atoms with Gasteiger partial charge in [0.15, 0.2) is 0 Å². The molecule has 1 N–H and O–H groups in total. The van der Waals surface area contributed by atoms with Gasteiger partial charge in [-0.3, -0.25) is 4.79 Å². The maximum atomic E-state index is 11.5. The number of nitrogens with zero attached hydrogens (tertiary/aromatic N) is 1. The number of aliphatic hydroxyl groups is 1. The Bertz CT molecular complexity index is 146. The molecule has 0 aliphatic carbocycles. The smallest absolute Gasteiger partial charge is 0.222 e. The Morgan fingerprint density at radius 2 is 2.08 bits per heavy atom. The molecule has 0 saturated carbocycles. The van der Waals surface area contributed by atoms with Crippen LogP contribution in [0, 0.1) is 0 Å². The van der Waals surface area contributed by atoms with Crippen LogP contribution in [0.2, 0.25) is 0 Å². The summed E-state index contributed by atoms with van der Waals surface area (Å²) in [6.07, 6.45) is 2.58. The summed E-state index contributed by atoms with van der Waals surface area (Å²) in [5.41, 5.74) is 0. The molecule has 0 unspecified atom stereocenters. The van der Waals surface area contributed by atoms with Crippen molar-refractivity contribution in [2.24, 2.45) is 0 Å². The first-order chi connectivity index (χ1) is 6.13. The van der Waals surface area contributed by atoms with Crippen LogP contribution in [0.15, 0.2) is 0 Å². The Labute approximate surface area is 80.7 Å². The molecular weight excluding hydrogens is 166 g/mol. The average molecular weight is 187 g/mol. The van der Waals surface area contributed by atoms with Crippen molar-refractivity contribution >= 4 is 5.91 Å². The van der Waals surface area contributed by atoms with Gasteiger partial charge in [0, 0.05) is 19.0 Å². The zero-order chi connectivity index (χ0) is 10.3. The van der Waals surface area contributed by atoms with Crippen molar-refractivity contribution in [3.05, 3.63) is 0 Å². The molecule has 0 radical (unpaired) electrons. The molecule has 78 valence electrons. The topological polar surface area (TPSA) is 40.5 Å². The Morgan fingerprint density at radius 3 is 2.46 bits per heavy atom. The largest absolute Gasteiger partial charge is 0.395 e. The second kappa shape index (κ2) is 6.89.